The van der Waals surface area contributed by atoms with Crippen molar-refractivity contribution < 1.29 is 14.6 Å². The zero-order chi connectivity index (χ0) is 15.6. The van der Waals surface area contributed by atoms with Crippen LogP contribution in [-0.2, 0) is 0 Å². The number of benzene rings is 1. The minimum absolute atomic E-state index is 0.400. The van der Waals surface area contributed by atoms with Crippen molar-refractivity contribution in [3.8, 4) is 5.06 Å². The Kier molecular flexibility index (Phi) is 7.33. The standard InChI is InChI=1S/C17H20O3S2/c18-17(19)14-8-3-4-9-15(14)21-12-6-2-1-5-11-20-16-10-7-13-22-16/h3-4,7-10,13H,1-2,5-6,11-12H2,(H,18,19). The number of hydrogen-bond acceptors (Lipinski definition) is 4. The molecule has 0 unspecified atom stereocenters. The molecule has 5 heteroatoms. The van der Waals surface area contributed by atoms with Gasteiger partial charge in [0.05, 0.1) is 12.2 Å². The molecule has 118 valence electrons. The molecule has 0 aliphatic rings. The van der Waals surface area contributed by atoms with Crippen LogP contribution in [0.3, 0.4) is 0 Å². The first-order valence-corrected chi connectivity index (χ1v) is 9.25. The van der Waals surface area contributed by atoms with Gasteiger partial charge in [-0.15, -0.1) is 23.1 Å². The Morgan fingerprint density at radius 3 is 2.68 bits per heavy atom. The van der Waals surface area contributed by atoms with Gasteiger partial charge < -0.3 is 9.84 Å². The number of hydrogen-bond donors (Lipinski definition) is 1. The summed E-state index contributed by atoms with van der Waals surface area (Å²) in [5, 5.41) is 12.1. The zero-order valence-corrected chi connectivity index (χ0v) is 14.0. The van der Waals surface area contributed by atoms with E-state index >= 15 is 0 Å². The third-order valence-corrected chi connectivity index (χ3v) is 5.09. The molecule has 2 aromatic rings. The summed E-state index contributed by atoms with van der Waals surface area (Å²) in [6.07, 6.45) is 4.45. The Bertz CT molecular complexity index is 567. The average Bonchev–Trinajstić information content (AvgIpc) is 3.03. The van der Waals surface area contributed by atoms with Crippen molar-refractivity contribution in [2.45, 2.75) is 30.6 Å². The van der Waals surface area contributed by atoms with Crippen LogP contribution in [0.2, 0.25) is 0 Å². The molecule has 0 saturated carbocycles. The van der Waals surface area contributed by atoms with E-state index in [0.29, 0.717) is 5.56 Å². The molecule has 2 rings (SSSR count). The van der Waals surface area contributed by atoms with E-state index in [-0.39, 0.29) is 0 Å². The number of carboxylic acids is 1. The van der Waals surface area contributed by atoms with Gasteiger partial charge >= 0.3 is 5.97 Å². The largest absolute Gasteiger partial charge is 0.484 e. The highest BCUT2D eigenvalue weighted by Gasteiger charge is 2.08. The van der Waals surface area contributed by atoms with Crippen LogP contribution < -0.4 is 4.74 Å². The monoisotopic (exact) mass is 336 g/mol. The van der Waals surface area contributed by atoms with E-state index in [1.807, 2.05) is 29.6 Å². The molecular weight excluding hydrogens is 316 g/mol. The molecule has 0 radical (unpaired) electrons. The highest BCUT2D eigenvalue weighted by molar-refractivity contribution is 7.99. The number of carboxylic acid groups (broad SMARTS) is 1. The summed E-state index contributed by atoms with van der Waals surface area (Å²) in [7, 11) is 0. The van der Waals surface area contributed by atoms with Crippen LogP contribution in [0.25, 0.3) is 0 Å². The SMILES string of the molecule is O=C(O)c1ccccc1SCCCCCCOc1cccs1. The molecule has 0 aliphatic heterocycles. The van der Waals surface area contributed by atoms with Crippen LogP contribution in [-0.4, -0.2) is 23.4 Å². The number of rotatable bonds is 10. The second-order valence-corrected chi connectivity index (χ2v) is 6.89. The highest BCUT2D eigenvalue weighted by atomic mass is 32.2. The molecule has 0 fully saturated rings. The molecule has 1 aromatic carbocycles. The van der Waals surface area contributed by atoms with Crippen molar-refractivity contribution in [3.63, 3.8) is 0 Å². The number of unbranched alkanes of at least 4 members (excludes halogenated alkanes) is 3. The van der Waals surface area contributed by atoms with E-state index in [0.717, 1.165) is 48.0 Å². The topological polar surface area (TPSA) is 46.5 Å². The Balaban J connectivity index is 1.55. The van der Waals surface area contributed by atoms with Gasteiger partial charge in [0.1, 0.15) is 0 Å². The van der Waals surface area contributed by atoms with Gasteiger partial charge in [0.2, 0.25) is 0 Å². The van der Waals surface area contributed by atoms with Crippen molar-refractivity contribution in [1.82, 2.24) is 0 Å². The predicted molar refractivity (Wildman–Crippen MR) is 92.4 cm³/mol. The van der Waals surface area contributed by atoms with Crippen LogP contribution in [0, 0.1) is 0 Å². The molecule has 1 heterocycles. The molecule has 0 amide bonds. The van der Waals surface area contributed by atoms with Crippen LogP contribution in [0.4, 0.5) is 0 Å². The van der Waals surface area contributed by atoms with Crippen LogP contribution in [0.15, 0.2) is 46.7 Å². The lowest BCUT2D eigenvalue weighted by Gasteiger charge is -2.06. The van der Waals surface area contributed by atoms with E-state index in [9.17, 15) is 4.79 Å². The lowest BCUT2D eigenvalue weighted by molar-refractivity contribution is 0.0693. The minimum Gasteiger partial charge on any atom is -0.484 e. The fraction of sp³-hybridized carbons (Fsp3) is 0.353. The molecule has 0 bridgehead atoms. The molecule has 0 spiro atoms. The third kappa shape index (κ3) is 5.73. The average molecular weight is 336 g/mol. The fourth-order valence-corrected chi connectivity index (χ4v) is 3.68. The summed E-state index contributed by atoms with van der Waals surface area (Å²) in [6, 6.07) is 11.2. The Morgan fingerprint density at radius 1 is 1.09 bits per heavy atom. The maximum absolute atomic E-state index is 11.1. The second kappa shape index (κ2) is 9.54. The quantitative estimate of drug-likeness (QED) is 0.480. The molecule has 22 heavy (non-hydrogen) atoms. The van der Waals surface area contributed by atoms with Gasteiger partial charge in [0.15, 0.2) is 5.06 Å². The predicted octanol–water partition coefficient (Wildman–Crippen LogP) is 5.18. The molecule has 1 aromatic heterocycles. The van der Waals surface area contributed by atoms with Crippen LogP contribution in [0.1, 0.15) is 36.0 Å². The number of thiophene rings is 1. The highest BCUT2D eigenvalue weighted by Crippen LogP contribution is 2.24. The molecule has 3 nitrogen and oxygen atoms in total. The van der Waals surface area contributed by atoms with E-state index in [2.05, 4.69) is 0 Å². The second-order valence-electron chi connectivity index (χ2n) is 4.84. The number of carbonyl (C=O) groups is 1. The van der Waals surface area contributed by atoms with E-state index in [1.165, 1.54) is 0 Å². The molecule has 0 saturated heterocycles. The Morgan fingerprint density at radius 2 is 1.91 bits per heavy atom. The first kappa shape index (κ1) is 16.9. The number of ether oxygens (including phenoxy) is 1. The van der Waals surface area contributed by atoms with Gasteiger partial charge in [0.25, 0.3) is 0 Å². The first-order valence-electron chi connectivity index (χ1n) is 7.39. The maximum atomic E-state index is 11.1. The normalized spacial score (nSPS) is 10.5. The number of aromatic carboxylic acids is 1. The summed E-state index contributed by atoms with van der Waals surface area (Å²) in [5.74, 6) is 0.102. The van der Waals surface area contributed by atoms with Gasteiger partial charge in [-0.25, -0.2) is 4.79 Å². The van der Waals surface area contributed by atoms with Crippen molar-refractivity contribution >= 4 is 29.1 Å². The zero-order valence-electron chi connectivity index (χ0n) is 12.4. The van der Waals surface area contributed by atoms with Crippen molar-refractivity contribution in [3.05, 3.63) is 47.3 Å². The van der Waals surface area contributed by atoms with Crippen LogP contribution >= 0.6 is 23.1 Å². The number of thioether (sulfide) groups is 1. The summed E-state index contributed by atoms with van der Waals surface area (Å²) >= 11 is 3.25. The molecule has 0 aliphatic carbocycles. The Hall–Kier alpha value is -1.46. The summed E-state index contributed by atoms with van der Waals surface area (Å²) < 4.78 is 5.61. The molecule has 1 N–H and O–H groups in total. The molecular formula is C17H20O3S2. The van der Waals surface area contributed by atoms with Gasteiger partial charge in [-0.2, -0.15) is 0 Å². The van der Waals surface area contributed by atoms with E-state index in [4.69, 9.17) is 9.84 Å². The third-order valence-electron chi connectivity index (χ3n) is 3.15. The first-order chi connectivity index (χ1) is 10.8. The molecule has 0 atom stereocenters. The summed E-state index contributed by atoms with van der Waals surface area (Å²) in [5.41, 5.74) is 0.400. The fourth-order valence-electron chi connectivity index (χ4n) is 2.03. The minimum atomic E-state index is -0.853. The lowest BCUT2D eigenvalue weighted by Crippen LogP contribution is -1.98. The van der Waals surface area contributed by atoms with Crippen molar-refractivity contribution in [2.24, 2.45) is 0 Å². The van der Waals surface area contributed by atoms with E-state index in [1.54, 1.807) is 35.2 Å². The van der Waals surface area contributed by atoms with Gasteiger partial charge in [0, 0.05) is 4.90 Å². The van der Waals surface area contributed by atoms with Gasteiger partial charge in [-0.1, -0.05) is 25.0 Å². The smallest absolute Gasteiger partial charge is 0.336 e. The summed E-state index contributed by atoms with van der Waals surface area (Å²) in [4.78, 5) is 12.0. The van der Waals surface area contributed by atoms with E-state index < -0.39 is 5.97 Å². The van der Waals surface area contributed by atoms with Gasteiger partial charge in [-0.3, -0.25) is 0 Å². The van der Waals surface area contributed by atoms with Gasteiger partial charge in [-0.05, 0) is 48.2 Å². The van der Waals surface area contributed by atoms with Crippen molar-refractivity contribution in [1.29, 1.82) is 0 Å². The van der Waals surface area contributed by atoms with Crippen LogP contribution in [0.5, 0.6) is 5.06 Å². The van der Waals surface area contributed by atoms with Crippen molar-refractivity contribution in [2.75, 3.05) is 12.4 Å². The Labute approximate surface area is 139 Å². The lowest BCUT2D eigenvalue weighted by atomic mass is 10.2. The maximum Gasteiger partial charge on any atom is 0.336 e. The summed E-state index contributed by atoms with van der Waals surface area (Å²) in [6.45, 7) is 0.773.